The lowest BCUT2D eigenvalue weighted by Crippen LogP contribution is -2.05. The molecule has 0 radical (unpaired) electrons. The first-order chi connectivity index (χ1) is 9.74. The SMILES string of the molecule is N/C(=N/N=C/c1ccc(F)cc1)SCc1ccccc1. The van der Waals surface area contributed by atoms with E-state index in [9.17, 15) is 4.39 Å². The minimum atomic E-state index is -0.274. The van der Waals surface area contributed by atoms with Crippen molar-refractivity contribution in [2.45, 2.75) is 5.75 Å². The molecular formula is C15H14FN3S. The van der Waals surface area contributed by atoms with E-state index in [1.165, 1.54) is 35.7 Å². The number of halogens is 1. The highest BCUT2D eigenvalue weighted by atomic mass is 32.2. The van der Waals surface area contributed by atoms with E-state index in [1.807, 2.05) is 30.3 Å². The van der Waals surface area contributed by atoms with E-state index < -0.39 is 0 Å². The Hall–Kier alpha value is -2.14. The fourth-order valence-electron chi connectivity index (χ4n) is 1.46. The van der Waals surface area contributed by atoms with E-state index in [2.05, 4.69) is 10.2 Å². The van der Waals surface area contributed by atoms with Crippen molar-refractivity contribution < 1.29 is 4.39 Å². The molecule has 0 atom stereocenters. The molecule has 102 valence electrons. The van der Waals surface area contributed by atoms with Crippen LogP contribution in [-0.4, -0.2) is 11.4 Å². The number of hydrogen-bond acceptors (Lipinski definition) is 3. The molecule has 0 bridgehead atoms. The third-order valence-corrected chi connectivity index (χ3v) is 3.32. The van der Waals surface area contributed by atoms with Crippen molar-refractivity contribution in [3.8, 4) is 0 Å². The van der Waals surface area contributed by atoms with E-state index in [-0.39, 0.29) is 5.82 Å². The predicted molar refractivity (Wildman–Crippen MR) is 83.4 cm³/mol. The van der Waals surface area contributed by atoms with Crippen molar-refractivity contribution in [3.63, 3.8) is 0 Å². The fourth-order valence-corrected chi connectivity index (χ4v) is 2.07. The van der Waals surface area contributed by atoms with Crippen LogP contribution in [0.1, 0.15) is 11.1 Å². The van der Waals surface area contributed by atoms with E-state index in [4.69, 9.17) is 5.73 Å². The molecule has 0 amide bonds. The third kappa shape index (κ3) is 4.85. The van der Waals surface area contributed by atoms with Gasteiger partial charge in [0, 0.05) is 5.75 Å². The Morgan fingerprint density at radius 2 is 1.80 bits per heavy atom. The van der Waals surface area contributed by atoms with E-state index in [1.54, 1.807) is 12.1 Å². The van der Waals surface area contributed by atoms with Gasteiger partial charge in [0.25, 0.3) is 0 Å². The van der Waals surface area contributed by atoms with E-state index >= 15 is 0 Å². The molecule has 3 nitrogen and oxygen atoms in total. The van der Waals surface area contributed by atoms with Crippen LogP contribution in [0.15, 0.2) is 64.8 Å². The van der Waals surface area contributed by atoms with Crippen molar-refractivity contribution in [1.29, 1.82) is 0 Å². The summed E-state index contributed by atoms with van der Waals surface area (Å²) in [7, 11) is 0. The first kappa shape index (κ1) is 14.3. The van der Waals surface area contributed by atoms with Gasteiger partial charge in [-0.1, -0.05) is 54.2 Å². The second-order valence-corrected chi connectivity index (χ2v) is 5.00. The summed E-state index contributed by atoms with van der Waals surface area (Å²) in [5.74, 6) is 0.478. The lowest BCUT2D eigenvalue weighted by molar-refractivity contribution is 0.628. The molecule has 2 rings (SSSR count). The highest BCUT2D eigenvalue weighted by Gasteiger charge is 1.95. The molecule has 2 N–H and O–H groups in total. The molecule has 0 aromatic heterocycles. The third-order valence-electron chi connectivity index (χ3n) is 2.46. The van der Waals surface area contributed by atoms with Crippen LogP contribution in [0, 0.1) is 5.82 Å². The maximum atomic E-state index is 12.7. The second-order valence-electron chi connectivity index (χ2n) is 4.01. The largest absolute Gasteiger partial charge is 0.377 e. The molecule has 0 aliphatic heterocycles. The van der Waals surface area contributed by atoms with Gasteiger partial charge in [0.05, 0.1) is 6.21 Å². The Morgan fingerprint density at radius 3 is 2.50 bits per heavy atom. The van der Waals surface area contributed by atoms with Gasteiger partial charge in [0.2, 0.25) is 0 Å². The predicted octanol–water partition coefficient (Wildman–Crippen LogP) is 3.41. The van der Waals surface area contributed by atoms with Gasteiger partial charge in [-0.2, -0.15) is 5.10 Å². The molecule has 5 heteroatoms. The molecule has 20 heavy (non-hydrogen) atoms. The number of nitrogens with zero attached hydrogens (tertiary/aromatic N) is 2. The first-order valence-electron chi connectivity index (χ1n) is 6.03. The zero-order valence-electron chi connectivity index (χ0n) is 10.7. The topological polar surface area (TPSA) is 50.7 Å². The van der Waals surface area contributed by atoms with Crippen LogP contribution >= 0.6 is 11.8 Å². The van der Waals surface area contributed by atoms with Crippen LogP contribution in [0.25, 0.3) is 0 Å². The molecule has 0 saturated heterocycles. The summed E-state index contributed by atoms with van der Waals surface area (Å²) < 4.78 is 12.7. The van der Waals surface area contributed by atoms with Crippen molar-refractivity contribution >= 4 is 23.1 Å². The molecule has 0 heterocycles. The average Bonchev–Trinajstić information content (AvgIpc) is 2.48. The number of benzene rings is 2. The monoisotopic (exact) mass is 287 g/mol. The maximum absolute atomic E-state index is 12.7. The quantitative estimate of drug-likeness (QED) is 0.532. The van der Waals surface area contributed by atoms with Gasteiger partial charge in [0.15, 0.2) is 5.17 Å². The molecule has 0 saturated carbocycles. The number of rotatable bonds is 4. The van der Waals surface area contributed by atoms with Gasteiger partial charge in [0.1, 0.15) is 5.82 Å². The number of hydrogen-bond donors (Lipinski definition) is 1. The Labute approximate surface area is 121 Å². The van der Waals surface area contributed by atoms with Gasteiger partial charge in [-0.3, -0.25) is 0 Å². The van der Waals surface area contributed by atoms with Gasteiger partial charge >= 0.3 is 0 Å². The van der Waals surface area contributed by atoms with Crippen LogP contribution in [0.2, 0.25) is 0 Å². The van der Waals surface area contributed by atoms with Crippen LogP contribution in [0.5, 0.6) is 0 Å². The van der Waals surface area contributed by atoms with Gasteiger partial charge in [-0.05, 0) is 23.3 Å². The molecule has 2 aromatic carbocycles. The summed E-state index contributed by atoms with van der Waals surface area (Å²) in [5, 5.41) is 8.16. The minimum Gasteiger partial charge on any atom is -0.377 e. The Kier molecular flexibility index (Phi) is 5.32. The summed E-state index contributed by atoms with van der Waals surface area (Å²) in [6.07, 6.45) is 1.54. The number of amidine groups is 1. The van der Waals surface area contributed by atoms with Crippen molar-refractivity contribution in [1.82, 2.24) is 0 Å². The van der Waals surface area contributed by atoms with Crippen LogP contribution < -0.4 is 5.73 Å². The molecule has 0 spiro atoms. The summed E-state index contributed by atoms with van der Waals surface area (Å²) >= 11 is 1.42. The minimum absolute atomic E-state index is 0.274. The summed E-state index contributed by atoms with van der Waals surface area (Å²) in [5.41, 5.74) is 7.70. The summed E-state index contributed by atoms with van der Waals surface area (Å²) in [4.78, 5) is 0. The molecule has 0 aliphatic rings. The average molecular weight is 287 g/mol. The Morgan fingerprint density at radius 1 is 1.10 bits per heavy atom. The van der Waals surface area contributed by atoms with Crippen molar-refractivity contribution in [3.05, 3.63) is 71.5 Å². The summed E-state index contributed by atoms with van der Waals surface area (Å²) in [6.45, 7) is 0. The lowest BCUT2D eigenvalue weighted by atomic mass is 10.2. The molecule has 0 fully saturated rings. The summed E-state index contributed by atoms with van der Waals surface area (Å²) in [6, 6.07) is 16.0. The number of thioether (sulfide) groups is 1. The molecule has 2 aromatic rings. The van der Waals surface area contributed by atoms with Crippen LogP contribution in [0.4, 0.5) is 4.39 Å². The fraction of sp³-hybridized carbons (Fsp3) is 0.0667. The smallest absolute Gasteiger partial charge is 0.180 e. The normalized spacial score (nSPS) is 11.9. The van der Waals surface area contributed by atoms with Crippen LogP contribution in [-0.2, 0) is 5.75 Å². The van der Waals surface area contributed by atoms with E-state index in [0.29, 0.717) is 5.17 Å². The Bertz CT molecular complexity index is 594. The Balaban J connectivity index is 1.86. The highest BCUT2D eigenvalue weighted by molar-refractivity contribution is 8.13. The standard InChI is InChI=1S/C15H14FN3S/c16-14-8-6-12(7-9-14)10-18-19-15(17)20-11-13-4-2-1-3-5-13/h1-10H,11H2,(H2,17,19)/b18-10+. The number of nitrogens with two attached hydrogens (primary N) is 1. The first-order valence-corrected chi connectivity index (χ1v) is 7.01. The van der Waals surface area contributed by atoms with E-state index in [0.717, 1.165) is 11.3 Å². The zero-order chi connectivity index (χ0) is 14.2. The zero-order valence-corrected chi connectivity index (χ0v) is 11.6. The molecular weight excluding hydrogens is 273 g/mol. The van der Waals surface area contributed by atoms with Crippen LogP contribution in [0.3, 0.4) is 0 Å². The van der Waals surface area contributed by atoms with Crippen molar-refractivity contribution in [2.75, 3.05) is 0 Å². The van der Waals surface area contributed by atoms with Gasteiger partial charge in [-0.25, -0.2) is 4.39 Å². The van der Waals surface area contributed by atoms with Gasteiger partial charge < -0.3 is 5.73 Å². The highest BCUT2D eigenvalue weighted by Crippen LogP contribution is 2.11. The maximum Gasteiger partial charge on any atom is 0.180 e. The van der Waals surface area contributed by atoms with Gasteiger partial charge in [-0.15, -0.1) is 5.10 Å². The second kappa shape index (κ2) is 7.45. The van der Waals surface area contributed by atoms with Crippen molar-refractivity contribution in [2.24, 2.45) is 15.9 Å². The molecule has 0 unspecified atom stereocenters. The lowest BCUT2D eigenvalue weighted by Gasteiger charge is -1.99. The molecule has 0 aliphatic carbocycles.